The second kappa shape index (κ2) is 5.65. The number of aromatic nitrogens is 1. The highest BCUT2D eigenvalue weighted by Crippen LogP contribution is 2.31. The predicted molar refractivity (Wildman–Crippen MR) is 87.3 cm³/mol. The van der Waals surface area contributed by atoms with Gasteiger partial charge in [0.1, 0.15) is 5.75 Å². The van der Waals surface area contributed by atoms with Crippen molar-refractivity contribution in [2.45, 2.75) is 26.7 Å². The lowest BCUT2D eigenvalue weighted by Gasteiger charge is -2.07. The van der Waals surface area contributed by atoms with E-state index in [9.17, 15) is 0 Å². The van der Waals surface area contributed by atoms with Crippen molar-refractivity contribution in [3.05, 3.63) is 71.0 Å². The van der Waals surface area contributed by atoms with E-state index in [4.69, 9.17) is 4.74 Å². The number of nitrogens with zero attached hydrogens (tertiary/aromatic N) is 1. The number of benzene rings is 1. The molecule has 0 N–H and O–H groups in total. The summed E-state index contributed by atoms with van der Waals surface area (Å²) in [5, 5.41) is 0. The Kier molecular flexibility index (Phi) is 3.70. The lowest BCUT2D eigenvalue weighted by atomic mass is 10.0. The molecule has 21 heavy (non-hydrogen) atoms. The van der Waals surface area contributed by atoms with Crippen LogP contribution < -0.4 is 4.74 Å². The average Bonchev–Trinajstić information content (AvgIpc) is 2.80. The number of hydrogen-bond donors (Lipinski definition) is 0. The van der Waals surface area contributed by atoms with Crippen LogP contribution in [0, 0.1) is 6.92 Å². The van der Waals surface area contributed by atoms with E-state index in [1.807, 2.05) is 6.07 Å². The lowest BCUT2D eigenvalue weighted by molar-refractivity contribution is 0.417. The number of pyridine rings is 1. The average molecular weight is 279 g/mol. The molecule has 2 heteroatoms. The van der Waals surface area contributed by atoms with Crippen LogP contribution in [0.4, 0.5) is 0 Å². The summed E-state index contributed by atoms with van der Waals surface area (Å²) in [6.07, 6.45) is 4.13. The van der Waals surface area contributed by atoms with Crippen molar-refractivity contribution < 1.29 is 4.74 Å². The zero-order valence-electron chi connectivity index (χ0n) is 12.9. The number of hydrogen-bond acceptors (Lipinski definition) is 1. The van der Waals surface area contributed by atoms with E-state index >= 15 is 0 Å². The Hall–Kier alpha value is -2.22. The van der Waals surface area contributed by atoms with Gasteiger partial charge in [0.25, 0.3) is 0 Å². The van der Waals surface area contributed by atoms with Gasteiger partial charge in [-0.2, -0.15) is 0 Å². The Morgan fingerprint density at radius 3 is 2.48 bits per heavy atom. The van der Waals surface area contributed by atoms with Gasteiger partial charge in [-0.1, -0.05) is 37.3 Å². The highest BCUT2D eigenvalue weighted by atomic mass is 16.5. The van der Waals surface area contributed by atoms with Gasteiger partial charge in [-0.25, -0.2) is 0 Å². The fourth-order valence-corrected chi connectivity index (χ4v) is 3.20. The molecule has 0 saturated carbocycles. The van der Waals surface area contributed by atoms with Crippen LogP contribution in [0.2, 0.25) is 0 Å². The van der Waals surface area contributed by atoms with Crippen LogP contribution in [0.25, 0.3) is 5.52 Å². The van der Waals surface area contributed by atoms with Crippen molar-refractivity contribution in [2.75, 3.05) is 7.11 Å². The van der Waals surface area contributed by atoms with Crippen LogP contribution in [0.5, 0.6) is 5.75 Å². The van der Waals surface area contributed by atoms with Gasteiger partial charge in [0.05, 0.1) is 12.6 Å². The fourth-order valence-electron chi connectivity index (χ4n) is 3.20. The molecule has 2 heterocycles. The van der Waals surface area contributed by atoms with Crippen molar-refractivity contribution in [1.82, 2.24) is 4.40 Å². The number of fused-ring (bicyclic) bond motifs is 1. The fraction of sp³-hybridized carbons (Fsp3) is 0.263. The molecule has 0 amide bonds. The minimum Gasteiger partial charge on any atom is -0.495 e. The first kappa shape index (κ1) is 13.7. The van der Waals surface area contributed by atoms with E-state index in [0.717, 1.165) is 18.6 Å². The molecule has 2 aromatic heterocycles. The molecule has 0 spiro atoms. The molecule has 0 radical (unpaired) electrons. The molecule has 0 aliphatic heterocycles. The standard InChI is InChI=1S/C19H21NO/c1-4-16-14(2)19-18(21-3)11-8-12-20(19)17(16)13-15-9-6-5-7-10-15/h5-12H,4,13H2,1-3H3. The maximum Gasteiger partial charge on any atom is 0.143 e. The molecular formula is C19H21NO. The van der Waals surface area contributed by atoms with Gasteiger partial charge in [-0.15, -0.1) is 0 Å². The van der Waals surface area contributed by atoms with Crippen LogP contribution in [-0.2, 0) is 12.8 Å². The minimum absolute atomic E-state index is 0.948. The maximum atomic E-state index is 5.55. The SMILES string of the molecule is CCc1c(C)c2c(OC)cccn2c1Cc1ccccc1. The number of ether oxygens (including phenoxy) is 1. The third-order valence-electron chi connectivity index (χ3n) is 4.19. The van der Waals surface area contributed by atoms with Gasteiger partial charge in [-0.05, 0) is 42.2 Å². The van der Waals surface area contributed by atoms with Gasteiger partial charge in [0.15, 0.2) is 0 Å². The minimum atomic E-state index is 0.948. The largest absolute Gasteiger partial charge is 0.495 e. The molecule has 108 valence electrons. The Morgan fingerprint density at radius 2 is 1.81 bits per heavy atom. The molecule has 0 fully saturated rings. The van der Waals surface area contributed by atoms with Gasteiger partial charge < -0.3 is 9.14 Å². The molecule has 0 aliphatic rings. The van der Waals surface area contributed by atoms with Gasteiger partial charge in [0.2, 0.25) is 0 Å². The smallest absolute Gasteiger partial charge is 0.143 e. The summed E-state index contributed by atoms with van der Waals surface area (Å²) in [5.41, 5.74) is 6.68. The first-order valence-electron chi connectivity index (χ1n) is 7.45. The van der Waals surface area contributed by atoms with E-state index in [2.05, 4.69) is 60.8 Å². The van der Waals surface area contributed by atoms with E-state index in [-0.39, 0.29) is 0 Å². The van der Waals surface area contributed by atoms with Gasteiger partial charge in [0, 0.05) is 18.3 Å². The van der Waals surface area contributed by atoms with Crippen LogP contribution >= 0.6 is 0 Å². The zero-order valence-corrected chi connectivity index (χ0v) is 12.9. The molecule has 0 saturated heterocycles. The third kappa shape index (κ3) is 2.31. The number of aryl methyl sites for hydroxylation is 1. The molecular weight excluding hydrogens is 258 g/mol. The first-order chi connectivity index (χ1) is 10.3. The van der Waals surface area contributed by atoms with E-state index in [1.165, 1.54) is 27.9 Å². The molecule has 1 aromatic carbocycles. The monoisotopic (exact) mass is 279 g/mol. The highest BCUT2D eigenvalue weighted by molar-refractivity contribution is 5.70. The molecule has 2 nitrogen and oxygen atoms in total. The predicted octanol–water partition coefficient (Wildman–Crippen LogP) is 4.41. The summed E-state index contributed by atoms with van der Waals surface area (Å²) in [5.74, 6) is 0.948. The summed E-state index contributed by atoms with van der Waals surface area (Å²) in [4.78, 5) is 0. The molecule has 0 bridgehead atoms. The van der Waals surface area contributed by atoms with Crippen LogP contribution in [-0.4, -0.2) is 11.5 Å². The zero-order chi connectivity index (χ0) is 14.8. The molecule has 0 aliphatic carbocycles. The first-order valence-corrected chi connectivity index (χ1v) is 7.45. The quantitative estimate of drug-likeness (QED) is 0.689. The normalized spacial score (nSPS) is 11.0. The maximum absolute atomic E-state index is 5.55. The van der Waals surface area contributed by atoms with Crippen LogP contribution in [0.3, 0.4) is 0 Å². The van der Waals surface area contributed by atoms with Crippen molar-refractivity contribution in [2.24, 2.45) is 0 Å². The Morgan fingerprint density at radius 1 is 1.05 bits per heavy atom. The second-order valence-electron chi connectivity index (χ2n) is 5.36. The summed E-state index contributed by atoms with van der Waals surface area (Å²) in [7, 11) is 1.74. The Bertz CT molecular complexity index is 756. The third-order valence-corrected chi connectivity index (χ3v) is 4.19. The van der Waals surface area contributed by atoms with Gasteiger partial charge >= 0.3 is 0 Å². The second-order valence-corrected chi connectivity index (χ2v) is 5.36. The van der Waals surface area contributed by atoms with E-state index in [0.29, 0.717) is 0 Å². The van der Waals surface area contributed by atoms with Crippen molar-refractivity contribution in [1.29, 1.82) is 0 Å². The summed E-state index contributed by atoms with van der Waals surface area (Å²) < 4.78 is 7.84. The molecule has 3 aromatic rings. The van der Waals surface area contributed by atoms with Crippen molar-refractivity contribution in [3.63, 3.8) is 0 Å². The van der Waals surface area contributed by atoms with Crippen LogP contribution in [0.15, 0.2) is 48.7 Å². The topological polar surface area (TPSA) is 13.6 Å². The summed E-state index contributed by atoms with van der Waals surface area (Å²) in [6, 6.07) is 14.7. The van der Waals surface area contributed by atoms with E-state index in [1.54, 1.807) is 7.11 Å². The Labute approximate surface area is 126 Å². The Balaban J connectivity index is 2.21. The van der Waals surface area contributed by atoms with Crippen molar-refractivity contribution in [3.8, 4) is 5.75 Å². The van der Waals surface area contributed by atoms with Crippen LogP contribution in [0.1, 0.15) is 29.3 Å². The number of methoxy groups -OCH3 is 1. The highest BCUT2D eigenvalue weighted by Gasteiger charge is 2.16. The van der Waals surface area contributed by atoms with E-state index < -0.39 is 0 Å². The van der Waals surface area contributed by atoms with Gasteiger partial charge in [-0.3, -0.25) is 0 Å². The molecule has 0 unspecified atom stereocenters. The number of rotatable bonds is 4. The summed E-state index contributed by atoms with van der Waals surface area (Å²) >= 11 is 0. The lowest BCUT2D eigenvalue weighted by Crippen LogP contribution is -1.98. The molecule has 0 atom stereocenters. The molecule has 3 rings (SSSR count). The summed E-state index contributed by atoms with van der Waals surface area (Å²) in [6.45, 7) is 4.42. The van der Waals surface area contributed by atoms with Crippen molar-refractivity contribution >= 4 is 5.52 Å².